The summed E-state index contributed by atoms with van der Waals surface area (Å²) in [6.45, 7) is 2.76. The minimum atomic E-state index is -3.64. The van der Waals surface area contributed by atoms with Gasteiger partial charge < -0.3 is 14.1 Å². The van der Waals surface area contributed by atoms with E-state index in [1.165, 1.54) is 0 Å². The fraction of sp³-hybridized carbons (Fsp3) is 0.222. The number of anilines is 2. The van der Waals surface area contributed by atoms with Crippen LogP contribution in [0.5, 0.6) is 0 Å². The van der Waals surface area contributed by atoms with Gasteiger partial charge >= 0.3 is 0 Å². The molecule has 1 aromatic heterocycles. The van der Waals surface area contributed by atoms with Gasteiger partial charge in [0.2, 0.25) is 0 Å². The number of hydrogen-bond acceptors (Lipinski definition) is 5. The van der Waals surface area contributed by atoms with Crippen LogP contribution in [0.1, 0.15) is 0 Å². The first-order chi connectivity index (χ1) is 12.1. The summed E-state index contributed by atoms with van der Waals surface area (Å²) in [5.74, 6) is 0. The molecular formula is C18H19ClN2O4S. The van der Waals surface area contributed by atoms with E-state index >= 15 is 0 Å². The Bertz CT molecular complexity index is 983. The zero-order valence-electron chi connectivity index (χ0n) is 13.9. The number of sulfonamides is 1. The number of fused-ring (bicyclic) bond motifs is 1. The first-order valence-corrected chi connectivity index (χ1v) is 9.54. The quantitative estimate of drug-likeness (QED) is 0.733. The van der Waals surface area contributed by atoms with Gasteiger partial charge in [-0.25, -0.2) is 8.42 Å². The van der Waals surface area contributed by atoms with Crippen LogP contribution in [0.25, 0.3) is 11.0 Å². The van der Waals surface area contributed by atoms with E-state index in [9.17, 15) is 8.42 Å². The smallest absolute Gasteiger partial charge is 0.261 e. The fourth-order valence-corrected chi connectivity index (χ4v) is 4.04. The van der Waals surface area contributed by atoms with Crippen LogP contribution in [0.4, 0.5) is 11.4 Å². The van der Waals surface area contributed by atoms with Crippen molar-refractivity contribution in [1.29, 1.82) is 0 Å². The highest BCUT2D eigenvalue weighted by atomic mass is 35.5. The molecule has 6 nitrogen and oxygen atoms in total. The highest BCUT2D eigenvalue weighted by Gasteiger charge is 2.19. The maximum Gasteiger partial charge on any atom is 0.261 e. The molecule has 0 amide bonds. The van der Waals surface area contributed by atoms with Crippen molar-refractivity contribution in [2.75, 3.05) is 35.9 Å². The van der Waals surface area contributed by atoms with E-state index in [-0.39, 0.29) is 17.3 Å². The molecule has 0 aliphatic carbocycles. The van der Waals surface area contributed by atoms with Crippen LogP contribution in [0.15, 0.2) is 64.1 Å². The molecule has 8 heteroatoms. The van der Waals surface area contributed by atoms with Crippen molar-refractivity contribution in [3.63, 3.8) is 0 Å². The van der Waals surface area contributed by atoms with Crippen LogP contribution < -0.4 is 9.62 Å². The Kier molecular flexibility index (Phi) is 5.41. The predicted molar refractivity (Wildman–Crippen MR) is 104 cm³/mol. The Morgan fingerprint density at radius 1 is 1.00 bits per heavy atom. The lowest BCUT2D eigenvalue weighted by molar-refractivity contribution is 0.123. The molecule has 0 spiro atoms. The summed E-state index contributed by atoms with van der Waals surface area (Å²) >= 11 is 0. The number of hydrogen-bond donors (Lipinski definition) is 1. The molecule has 26 heavy (non-hydrogen) atoms. The largest absolute Gasteiger partial charge is 0.462 e. The van der Waals surface area contributed by atoms with Crippen molar-refractivity contribution < 1.29 is 17.6 Å². The lowest BCUT2D eigenvalue weighted by Gasteiger charge is -2.29. The molecule has 3 aromatic rings. The SMILES string of the molecule is Cl.O=S(=O)(Nc1cc(N2CCOCC2)c2occc2c1)c1ccccc1. The summed E-state index contributed by atoms with van der Waals surface area (Å²) in [6.07, 6.45) is 1.62. The Labute approximate surface area is 158 Å². The Balaban J connectivity index is 0.00000196. The minimum absolute atomic E-state index is 0. The van der Waals surface area contributed by atoms with Crippen LogP contribution in [0, 0.1) is 0 Å². The van der Waals surface area contributed by atoms with Gasteiger partial charge in [-0.15, -0.1) is 12.4 Å². The summed E-state index contributed by atoms with van der Waals surface area (Å²) in [5, 5.41) is 0.856. The Hall–Kier alpha value is -2.22. The second-order valence-electron chi connectivity index (χ2n) is 5.85. The molecular weight excluding hydrogens is 376 g/mol. The molecule has 4 rings (SSSR count). The van der Waals surface area contributed by atoms with Gasteiger partial charge in [-0.05, 0) is 30.3 Å². The molecule has 1 fully saturated rings. The average Bonchev–Trinajstić information content (AvgIpc) is 3.11. The van der Waals surface area contributed by atoms with Gasteiger partial charge in [0, 0.05) is 18.5 Å². The van der Waals surface area contributed by atoms with E-state index in [0.29, 0.717) is 18.9 Å². The fourth-order valence-electron chi connectivity index (χ4n) is 2.97. The highest BCUT2D eigenvalue weighted by Crippen LogP contribution is 2.33. The molecule has 1 saturated heterocycles. The molecule has 1 aliphatic rings. The van der Waals surface area contributed by atoms with Gasteiger partial charge in [0.05, 0.1) is 35.7 Å². The standard InChI is InChI=1S/C18H18N2O4S.ClH/c21-25(22,16-4-2-1-3-5-16)19-15-12-14-6-9-24-18(14)17(13-15)20-7-10-23-11-8-20;/h1-6,9,12-13,19H,7-8,10-11H2;1H. The van der Waals surface area contributed by atoms with Crippen LogP contribution in [-0.2, 0) is 14.8 Å². The van der Waals surface area contributed by atoms with Crippen molar-refractivity contribution in [3.05, 3.63) is 54.8 Å². The van der Waals surface area contributed by atoms with Gasteiger partial charge in [-0.3, -0.25) is 4.72 Å². The molecule has 0 bridgehead atoms. The average molecular weight is 395 g/mol. The lowest BCUT2D eigenvalue weighted by atomic mass is 10.2. The zero-order chi connectivity index (χ0) is 17.3. The third kappa shape index (κ3) is 3.65. The molecule has 0 atom stereocenters. The van der Waals surface area contributed by atoms with Crippen molar-refractivity contribution in [1.82, 2.24) is 0 Å². The van der Waals surface area contributed by atoms with Gasteiger partial charge in [0.1, 0.15) is 0 Å². The van der Waals surface area contributed by atoms with Crippen molar-refractivity contribution in [3.8, 4) is 0 Å². The number of nitrogens with one attached hydrogen (secondary N) is 1. The second-order valence-corrected chi connectivity index (χ2v) is 7.53. The van der Waals surface area contributed by atoms with Gasteiger partial charge in [-0.2, -0.15) is 0 Å². The number of halogens is 1. The number of ether oxygens (including phenoxy) is 1. The molecule has 1 N–H and O–H groups in total. The summed E-state index contributed by atoms with van der Waals surface area (Å²) in [4.78, 5) is 2.38. The Morgan fingerprint density at radius 3 is 2.46 bits per heavy atom. The first kappa shape index (κ1) is 18.6. The summed E-state index contributed by atoms with van der Waals surface area (Å²) in [5.41, 5.74) is 2.14. The highest BCUT2D eigenvalue weighted by molar-refractivity contribution is 7.92. The number of nitrogens with zero attached hydrogens (tertiary/aromatic N) is 1. The van der Waals surface area contributed by atoms with E-state index in [1.54, 1.807) is 42.7 Å². The number of rotatable bonds is 4. The normalized spacial score (nSPS) is 14.8. The third-order valence-electron chi connectivity index (χ3n) is 4.19. The van der Waals surface area contributed by atoms with Gasteiger partial charge in [0.15, 0.2) is 5.58 Å². The number of furan rings is 1. The maximum atomic E-state index is 12.6. The van der Waals surface area contributed by atoms with Crippen LogP contribution >= 0.6 is 12.4 Å². The Morgan fingerprint density at radius 2 is 1.73 bits per heavy atom. The van der Waals surface area contributed by atoms with Crippen molar-refractivity contribution in [2.24, 2.45) is 0 Å². The summed E-state index contributed by atoms with van der Waals surface area (Å²) < 4.78 is 38.9. The van der Waals surface area contributed by atoms with E-state index < -0.39 is 10.0 Å². The lowest BCUT2D eigenvalue weighted by Crippen LogP contribution is -2.36. The molecule has 0 saturated carbocycles. The van der Waals surface area contributed by atoms with Crippen molar-refractivity contribution >= 4 is 44.8 Å². The summed E-state index contributed by atoms with van der Waals surface area (Å²) in [6, 6.07) is 13.8. The van der Waals surface area contributed by atoms with E-state index in [1.807, 2.05) is 12.1 Å². The molecule has 1 aliphatic heterocycles. The van der Waals surface area contributed by atoms with E-state index in [4.69, 9.17) is 9.15 Å². The third-order valence-corrected chi connectivity index (χ3v) is 5.59. The number of benzene rings is 2. The van der Waals surface area contributed by atoms with E-state index in [0.717, 1.165) is 29.7 Å². The van der Waals surface area contributed by atoms with E-state index in [2.05, 4.69) is 9.62 Å². The second kappa shape index (κ2) is 7.57. The molecule has 2 heterocycles. The van der Waals surface area contributed by atoms with Crippen LogP contribution in [0.3, 0.4) is 0 Å². The van der Waals surface area contributed by atoms with Crippen LogP contribution in [-0.4, -0.2) is 34.7 Å². The maximum absolute atomic E-state index is 12.6. The molecule has 0 radical (unpaired) electrons. The zero-order valence-corrected chi connectivity index (χ0v) is 15.6. The molecule has 0 unspecified atom stereocenters. The molecule has 2 aromatic carbocycles. The first-order valence-electron chi connectivity index (χ1n) is 8.05. The minimum Gasteiger partial charge on any atom is -0.462 e. The summed E-state index contributed by atoms with van der Waals surface area (Å²) in [7, 11) is -3.64. The van der Waals surface area contributed by atoms with Gasteiger partial charge in [0.25, 0.3) is 10.0 Å². The van der Waals surface area contributed by atoms with Gasteiger partial charge in [-0.1, -0.05) is 18.2 Å². The predicted octanol–water partition coefficient (Wildman–Crippen LogP) is 3.49. The topological polar surface area (TPSA) is 71.8 Å². The van der Waals surface area contributed by atoms with Crippen molar-refractivity contribution in [2.45, 2.75) is 4.90 Å². The van der Waals surface area contributed by atoms with Crippen LogP contribution in [0.2, 0.25) is 0 Å². The molecule has 138 valence electrons. The number of morpholine rings is 1. The monoisotopic (exact) mass is 394 g/mol.